The third kappa shape index (κ3) is 11.6. The van der Waals surface area contributed by atoms with Gasteiger partial charge in [-0.15, -0.1) is 0 Å². The van der Waals surface area contributed by atoms with Crippen molar-refractivity contribution in [3.05, 3.63) is 59.7 Å². The van der Waals surface area contributed by atoms with Gasteiger partial charge in [0.15, 0.2) is 0 Å². The molecule has 0 fully saturated rings. The van der Waals surface area contributed by atoms with E-state index in [1.807, 2.05) is 24.3 Å². The van der Waals surface area contributed by atoms with Crippen LogP contribution < -0.4 is 9.47 Å². The van der Waals surface area contributed by atoms with E-state index in [1.165, 1.54) is 4.90 Å². The molecule has 0 aliphatic rings. The highest BCUT2D eigenvalue weighted by atomic mass is 19.1. The number of aliphatic imine (C=N–C) groups is 1. The number of carbonyl (C=O) groups is 2. The maximum Gasteiger partial charge on any atom is 0.343 e. The summed E-state index contributed by atoms with van der Waals surface area (Å²) in [5.74, 6) is 2.01. The fourth-order valence-corrected chi connectivity index (χ4v) is 4.17. The van der Waals surface area contributed by atoms with Crippen LogP contribution in [-0.2, 0) is 6.54 Å². The second-order valence-electron chi connectivity index (χ2n) is 10.4. The van der Waals surface area contributed by atoms with Crippen molar-refractivity contribution in [1.29, 1.82) is 0 Å². The molecule has 7 heteroatoms. The first-order valence-electron chi connectivity index (χ1n) is 14.1. The molecule has 39 heavy (non-hydrogen) atoms. The molecule has 0 spiro atoms. The van der Waals surface area contributed by atoms with E-state index in [0.717, 1.165) is 37.0 Å². The van der Waals surface area contributed by atoms with Gasteiger partial charge >= 0.3 is 6.03 Å². The molecule has 6 nitrogen and oxygen atoms in total. The molecule has 0 aliphatic heterocycles. The smallest absolute Gasteiger partial charge is 0.343 e. The number of alkyl halides is 1. The van der Waals surface area contributed by atoms with Crippen LogP contribution in [0.15, 0.2) is 53.5 Å². The lowest BCUT2D eigenvalue weighted by molar-refractivity contribution is 0.106. The summed E-state index contributed by atoms with van der Waals surface area (Å²) < 4.78 is 23.1. The van der Waals surface area contributed by atoms with E-state index in [1.54, 1.807) is 38.4 Å². The lowest BCUT2D eigenvalue weighted by Crippen LogP contribution is -2.27. The third-order valence-electron chi connectivity index (χ3n) is 6.94. The molecule has 0 aromatic heterocycles. The summed E-state index contributed by atoms with van der Waals surface area (Å²) in [5.41, 5.74) is 1.67. The monoisotopic (exact) mass is 540 g/mol. The number of urea groups is 1. The van der Waals surface area contributed by atoms with E-state index in [0.29, 0.717) is 49.6 Å². The molecule has 214 valence electrons. The molecule has 0 saturated carbocycles. The van der Waals surface area contributed by atoms with E-state index < -0.39 is 6.03 Å². The summed E-state index contributed by atoms with van der Waals surface area (Å²) in [6.45, 7) is 7.00. The highest BCUT2D eigenvalue weighted by Gasteiger charge is 2.20. The lowest BCUT2D eigenvalue weighted by Gasteiger charge is -2.17. The molecule has 2 amide bonds. The molecule has 0 bridgehead atoms. The van der Waals surface area contributed by atoms with Gasteiger partial charge in [0.25, 0.3) is 0 Å². The fourth-order valence-electron chi connectivity index (χ4n) is 4.17. The molecule has 2 aromatic rings. The minimum Gasteiger partial charge on any atom is -0.497 e. The normalized spacial score (nSPS) is 13.0. The summed E-state index contributed by atoms with van der Waals surface area (Å²) in [5, 5.41) is 0. The number of unbranched alkanes of at least 4 members (excludes halogenated alkanes) is 1. The molecule has 2 aromatic carbocycles. The quantitative estimate of drug-likeness (QED) is 0.116. The number of methoxy groups -OCH3 is 1. The zero-order chi connectivity index (χ0) is 28.6. The topological polar surface area (TPSA) is 68.2 Å². The first-order chi connectivity index (χ1) is 18.8. The fraction of sp³-hybridized carbons (Fsp3) is 0.531. The molecule has 0 aliphatic carbocycles. The van der Waals surface area contributed by atoms with Crippen molar-refractivity contribution >= 4 is 17.5 Å². The third-order valence-corrected chi connectivity index (χ3v) is 6.94. The highest BCUT2D eigenvalue weighted by Crippen LogP contribution is 2.21. The Balaban J connectivity index is 2.15. The summed E-state index contributed by atoms with van der Waals surface area (Å²) in [6.07, 6.45) is 5.89. The van der Waals surface area contributed by atoms with Gasteiger partial charge in [0.1, 0.15) is 11.5 Å². The van der Waals surface area contributed by atoms with Crippen molar-refractivity contribution in [2.75, 3.05) is 27.4 Å². The number of carbonyl (C=O) groups excluding carboxylic acids is 2. The molecule has 2 atom stereocenters. The zero-order valence-electron chi connectivity index (χ0n) is 24.2. The van der Waals surface area contributed by atoms with Gasteiger partial charge in [0.05, 0.1) is 26.1 Å². The first kappa shape index (κ1) is 32.0. The average Bonchev–Trinajstić information content (AvgIpc) is 2.95. The predicted molar refractivity (Wildman–Crippen MR) is 156 cm³/mol. The van der Waals surface area contributed by atoms with Gasteiger partial charge in [-0.25, -0.2) is 4.79 Å². The molecule has 0 saturated heterocycles. The summed E-state index contributed by atoms with van der Waals surface area (Å²) in [6, 6.07) is 13.9. The van der Waals surface area contributed by atoms with Gasteiger partial charge in [-0.1, -0.05) is 58.6 Å². The number of rotatable bonds is 17. The number of Topliss-reactive ketones (excluding diaryl/α,β-unsaturated/α-hetero) is 1. The van der Waals surface area contributed by atoms with Crippen LogP contribution in [0.25, 0.3) is 0 Å². The highest BCUT2D eigenvalue weighted by molar-refractivity contribution is 6.47. The van der Waals surface area contributed by atoms with Crippen LogP contribution >= 0.6 is 0 Å². The zero-order valence-corrected chi connectivity index (χ0v) is 24.2. The number of hydrogen-bond donors (Lipinski definition) is 0. The van der Waals surface area contributed by atoms with Crippen LogP contribution in [0.2, 0.25) is 0 Å². The Kier molecular flexibility index (Phi) is 14.3. The van der Waals surface area contributed by atoms with Gasteiger partial charge in [0.2, 0.25) is 5.78 Å². The second-order valence-corrected chi connectivity index (χ2v) is 10.4. The maximum absolute atomic E-state index is 13.5. The maximum atomic E-state index is 13.5. The average molecular weight is 541 g/mol. The second kappa shape index (κ2) is 17.4. The molecular weight excluding hydrogens is 495 g/mol. The van der Waals surface area contributed by atoms with Crippen LogP contribution in [-0.4, -0.2) is 49.9 Å². The van der Waals surface area contributed by atoms with Crippen LogP contribution in [0.1, 0.15) is 81.6 Å². The van der Waals surface area contributed by atoms with Crippen LogP contribution in [0.5, 0.6) is 11.5 Å². The van der Waals surface area contributed by atoms with Crippen LogP contribution in [0.4, 0.5) is 9.18 Å². The molecule has 2 unspecified atom stereocenters. The van der Waals surface area contributed by atoms with E-state index >= 15 is 0 Å². The Morgan fingerprint density at radius 1 is 0.923 bits per heavy atom. The van der Waals surface area contributed by atoms with Crippen molar-refractivity contribution < 1.29 is 23.5 Å². The van der Waals surface area contributed by atoms with Crippen LogP contribution in [0.3, 0.4) is 0 Å². The Morgan fingerprint density at radius 3 is 2.18 bits per heavy atom. The van der Waals surface area contributed by atoms with E-state index in [-0.39, 0.29) is 24.1 Å². The van der Waals surface area contributed by atoms with E-state index in [2.05, 4.69) is 25.8 Å². The van der Waals surface area contributed by atoms with Gasteiger partial charge < -0.3 is 14.4 Å². The molecular formula is C32H45FN2O4. The summed E-state index contributed by atoms with van der Waals surface area (Å²) in [4.78, 5) is 32.4. The summed E-state index contributed by atoms with van der Waals surface area (Å²) in [7, 11) is 3.29. The SMILES string of the molecule is CCC(C)CCCC(C)CC(=NC(=O)N(C)Cc1ccc(OC)cc1)C(=O)c1ccc(OCCCCF)cc1. The molecule has 0 radical (unpaired) electrons. The van der Waals surface area contributed by atoms with E-state index in [9.17, 15) is 14.0 Å². The summed E-state index contributed by atoms with van der Waals surface area (Å²) >= 11 is 0. The van der Waals surface area contributed by atoms with Gasteiger partial charge in [0, 0.05) is 19.2 Å². The van der Waals surface area contributed by atoms with Crippen molar-refractivity contribution in [3.63, 3.8) is 0 Å². The van der Waals surface area contributed by atoms with Gasteiger partial charge in [-0.3, -0.25) is 9.18 Å². The number of benzene rings is 2. The van der Waals surface area contributed by atoms with Crippen molar-refractivity contribution in [1.82, 2.24) is 4.90 Å². The van der Waals surface area contributed by atoms with Crippen molar-refractivity contribution in [2.24, 2.45) is 16.8 Å². The largest absolute Gasteiger partial charge is 0.497 e. The Bertz CT molecular complexity index is 1040. The van der Waals surface area contributed by atoms with E-state index in [4.69, 9.17) is 9.47 Å². The number of ether oxygens (including phenoxy) is 2. The molecule has 0 N–H and O–H groups in total. The van der Waals surface area contributed by atoms with Crippen LogP contribution in [0, 0.1) is 11.8 Å². The number of ketones is 1. The Morgan fingerprint density at radius 2 is 1.56 bits per heavy atom. The number of amides is 2. The molecule has 0 heterocycles. The predicted octanol–water partition coefficient (Wildman–Crippen LogP) is 7.94. The minimum atomic E-state index is -0.450. The van der Waals surface area contributed by atoms with Gasteiger partial charge in [-0.05, 0) is 73.1 Å². The Hall–Kier alpha value is -3.22. The Labute approximate surface area is 233 Å². The number of hydrogen-bond acceptors (Lipinski definition) is 4. The standard InChI is InChI=1S/C32H45FN2O4/c1-6-24(2)10-9-11-25(3)22-30(31(36)27-14-18-29(19-15-27)39-21-8-7-20-33)34-32(37)35(4)23-26-12-16-28(38-5)17-13-26/h12-19,24-25H,6-11,20-23H2,1-5H3. The van der Waals surface area contributed by atoms with Crippen molar-refractivity contribution in [2.45, 2.75) is 72.3 Å². The minimum absolute atomic E-state index is 0.217. The molecule has 2 rings (SSSR count). The number of nitrogens with zero attached hydrogens (tertiary/aromatic N) is 2. The van der Waals surface area contributed by atoms with Crippen molar-refractivity contribution in [3.8, 4) is 11.5 Å². The lowest BCUT2D eigenvalue weighted by atomic mass is 9.92. The number of halogens is 1. The van der Waals surface area contributed by atoms with Gasteiger partial charge in [-0.2, -0.15) is 4.99 Å². The first-order valence-corrected chi connectivity index (χ1v) is 14.1.